The molecule has 0 aliphatic carbocycles. The van der Waals surface area contributed by atoms with Gasteiger partial charge in [-0.2, -0.15) is 0 Å². The molecule has 3 aromatic rings. The Morgan fingerprint density at radius 2 is 2.04 bits per heavy atom. The number of hydrogen-bond donors (Lipinski definition) is 1. The van der Waals surface area contributed by atoms with Crippen molar-refractivity contribution < 1.29 is 14.3 Å². The van der Waals surface area contributed by atoms with Crippen LogP contribution in [-0.2, 0) is 6.61 Å². The average Bonchev–Trinajstić information content (AvgIpc) is 3.20. The Morgan fingerprint density at radius 3 is 2.70 bits per heavy atom. The van der Waals surface area contributed by atoms with Crippen molar-refractivity contribution in [1.29, 1.82) is 0 Å². The van der Waals surface area contributed by atoms with Crippen molar-refractivity contribution in [3.8, 4) is 16.9 Å². The molecule has 0 amide bonds. The largest absolute Gasteiger partial charge is 0.486 e. The number of oxazole rings is 1. The van der Waals surface area contributed by atoms with Gasteiger partial charge in [-0.15, -0.1) is 0 Å². The minimum atomic E-state index is -0.0308. The Hall–Kier alpha value is -3.11. The molecule has 2 aromatic carbocycles. The molecule has 138 valence electrons. The van der Waals surface area contributed by atoms with Gasteiger partial charge in [0.2, 0.25) is 0 Å². The lowest BCUT2D eigenvalue weighted by Gasteiger charge is -2.18. The fourth-order valence-electron chi connectivity index (χ4n) is 3.00. The molecule has 4 heteroatoms. The summed E-state index contributed by atoms with van der Waals surface area (Å²) in [6.45, 7) is 4.29. The topological polar surface area (TPSA) is 55.5 Å². The molecule has 0 fully saturated rings. The maximum Gasteiger partial charge on any atom is 0.180 e. The molecule has 0 radical (unpaired) electrons. The van der Waals surface area contributed by atoms with Gasteiger partial charge in [-0.3, -0.25) is 0 Å². The molecule has 3 rings (SSSR count). The Labute approximate surface area is 159 Å². The summed E-state index contributed by atoms with van der Waals surface area (Å²) >= 11 is 0. The van der Waals surface area contributed by atoms with Crippen LogP contribution >= 0.6 is 0 Å². The Bertz CT molecular complexity index is 926. The third kappa shape index (κ3) is 4.54. The fraction of sp³-hybridized carbons (Fsp3) is 0.174. The van der Waals surface area contributed by atoms with Crippen LogP contribution in [-0.4, -0.2) is 16.7 Å². The molecule has 1 heterocycles. The molecule has 0 spiro atoms. The molecule has 0 aliphatic heterocycles. The SMILES string of the molecule is CC=CC(=CCO)c1cc(C)cc(OCc2cocn2)c1-c1ccccc1. The molecular weight excluding hydrogens is 338 g/mol. The maximum atomic E-state index is 9.49. The predicted molar refractivity (Wildman–Crippen MR) is 107 cm³/mol. The standard InChI is InChI=1S/C23H23NO3/c1-3-7-18(10-11-25)21-12-17(2)13-22(27-15-20-14-26-16-24-20)23(21)19-8-5-4-6-9-19/h3-10,12-14,16,25H,11,15H2,1-2H3. The summed E-state index contributed by atoms with van der Waals surface area (Å²) < 4.78 is 11.2. The van der Waals surface area contributed by atoms with E-state index in [1.807, 2.05) is 56.3 Å². The van der Waals surface area contributed by atoms with Crippen molar-refractivity contribution in [3.05, 3.63) is 90.2 Å². The monoisotopic (exact) mass is 361 g/mol. The first-order chi connectivity index (χ1) is 13.2. The highest BCUT2D eigenvalue weighted by Crippen LogP contribution is 2.39. The number of hydrogen-bond acceptors (Lipinski definition) is 4. The first kappa shape index (κ1) is 18.7. The van der Waals surface area contributed by atoms with Crippen molar-refractivity contribution in [2.24, 2.45) is 0 Å². The minimum absolute atomic E-state index is 0.0308. The van der Waals surface area contributed by atoms with E-state index in [0.717, 1.165) is 39.3 Å². The summed E-state index contributed by atoms with van der Waals surface area (Å²) in [6.07, 6.45) is 8.75. The van der Waals surface area contributed by atoms with Gasteiger partial charge < -0.3 is 14.3 Å². The van der Waals surface area contributed by atoms with E-state index in [0.29, 0.717) is 6.61 Å². The molecule has 1 aromatic heterocycles. The van der Waals surface area contributed by atoms with Gasteiger partial charge in [0.15, 0.2) is 6.39 Å². The van der Waals surface area contributed by atoms with Gasteiger partial charge in [0, 0.05) is 5.56 Å². The van der Waals surface area contributed by atoms with Crippen LogP contribution in [0.2, 0.25) is 0 Å². The van der Waals surface area contributed by atoms with Gasteiger partial charge in [-0.05, 0) is 42.2 Å². The van der Waals surface area contributed by atoms with Crippen molar-refractivity contribution in [1.82, 2.24) is 4.98 Å². The zero-order valence-electron chi connectivity index (χ0n) is 15.6. The number of allylic oxidation sites excluding steroid dienone is 3. The molecule has 0 bridgehead atoms. The number of benzene rings is 2. The van der Waals surface area contributed by atoms with Crippen molar-refractivity contribution in [2.45, 2.75) is 20.5 Å². The zero-order chi connectivity index (χ0) is 19.1. The molecule has 0 aliphatic rings. The number of aliphatic hydroxyl groups is 1. The van der Waals surface area contributed by atoms with E-state index in [-0.39, 0.29) is 6.61 Å². The molecule has 0 atom stereocenters. The number of aromatic nitrogens is 1. The number of rotatable bonds is 7. The van der Waals surface area contributed by atoms with Crippen LogP contribution in [0.15, 0.2) is 77.8 Å². The second kappa shape index (κ2) is 9.01. The Morgan fingerprint density at radius 1 is 1.22 bits per heavy atom. The van der Waals surface area contributed by atoms with Crippen LogP contribution in [0.1, 0.15) is 23.7 Å². The van der Waals surface area contributed by atoms with Crippen molar-refractivity contribution in [2.75, 3.05) is 6.61 Å². The predicted octanol–water partition coefficient (Wildman–Crippen LogP) is 5.18. The highest BCUT2D eigenvalue weighted by molar-refractivity contribution is 5.89. The summed E-state index contributed by atoms with van der Waals surface area (Å²) in [5, 5.41) is 9.49. The first-order valence-corrected chi connectivity index (χ1v) is 8.87. The second-order valence-corrected chi connectivity index (χ2v) is 6.16. The molecule has 27 heavy (non-hydrogen) atoms. The quantitative estimate of drug-likeness (QED) is 0.589. The van der Waals surface area contributed by atoms with E-state index in [4.69, 9.17) is 9.15 Å². The average molecular weight is 361 g/mol. The summed E-state index contributed by atoms with van der Waals surface area (Å²) in [4.78, 5) is 4.13. The van der Waals surface area contributed by atoms with Gasteiger partial charge >= 0.3 is 0 Å². The lowest BCUT2D eigenvalue weighted by atomic mass is 9.91. The summed E-state index contributed by atoms with van der Waals surface area (Å²) in [7, 11) is 0. The Kier molecular flexibility index (Phi) is 6.23. The number of aliphatic hydroxyl groups excluding tert-OH is 1. The van der Waals surface area contributed by atoms with Crippen LogP contribution in [0.4, 0.5) is 0 Å². The lowest BCUT2D eigenvalue weighted by molar-refractivity contribution is 0.302. The smallest absolute Gasteiger partial charge is 0.180 e. The van der Waals surface area contributed by atoms with E-state index in [2.05, 4.69) is 23.2 Å². The fourth-order valence-corrected chi connectivity index (χ4v) is 3.00. The molecular formula is C23H23NO3. The molecule has 0 saturated carbocycles. The van der Waals surface area contributed by atoms with Gasteiger partial charge in [0.1, 0.15) is 24.3 Å². The van der Waals surface area contributed by atoms with Gasteiger partial charge in [-0.25, -0.2) is 4.98 Å². The zero-order valence-corrected chi connectivity index (χ0v) is 15.6. The minimum Gasteiger partial charge on any atom is -0.486 e. The summed E-state index contributed by atoms with van der Waals surface area (Å²) in [6, 6.07) is 14.3. The maximum absolute atomic E-state index is 9.49. The van der Waals surface area contributed by atoms with Gasteiger partial charge in [-0.1, -0.05) is 54.6 Å². The number of nitrogens with zero attached hydrogens (tertiary/aromatic N) is 1. The summed E-state index contributed by atoms with van der Waals surface area (Å²) in [5.41, 5.74) is 5.82. The number of ether oxygens (including phenoxy) is 1. The third-order valence-corrected chi connectivity index (χ3v) is 4.14. The Balaban J connectivity index is 2.15. The molecule has 4 nitrogen and oxygen atoms in total. The van der Waals surface area contributed by atoms with Gasteiger partial charge in [0.25, 0.3) is 0 Å². The van der Waals surface area contributed by atoms with Crippen LogP contribution in [0.3, 0.4) is 0 Å². The van der Waals surface area contributed by atoms with Crippen molar-refractivity contribution in [3.63, 3.8) is 0 Å². The first-order valence-electron chi connectivity index (χ1n) is 8.87. The van der Waals surface area contributed by atoms with Crippen molar-refractivity contribution >= 4 is 5.57 Å². The van der Waals surface area contributed by atoms with Crippen LogP contribution in [0, 0.1) is 6.92 Å². The van der Waals surface area contributed by atoms with E-state index < -0.39 is 0 Å². The van der Waals surface area contributed by atoms with Crippen LogP contribution in [0.5, 0.6) is 5.75 Å². The molecule has 0 saturated heterocycles. The van der Waals surface area contributed by atoms with E-state index >= 15 is 0 Å². The van der Waals surface area contributed by atoms with E-state index in [1.165, 1.54) is 6.39 Å². The normalized spacial score (nSPS) is 11.9. The highest BCUT2D eigenvalue weighted by Gasteiger charge is 2.16. The highest BCUT2D eigenvalue weighted by atomic mass is 16.5. The number of aryl methyl sites for hydroxylation is 1. The van der Waals surface area contributed by atoms with Gasteiger partial charge in [0.05, 0.1) is 6.61 Å². The lowest BCUT2D eigenvalue weighted by Crippen LogP contribution is -2.01. The van der Waals surface area contributed by atoms with Crippen LogP contribution < -0.4 is 4.74 Å². The van der Waals surface area contributed by atoms with E-state index in [1.54, 1.807) is 6.26 Å². The molecule has 0 unspecified atom stereocenters. The second-order valence-electron chi connectivity index (χ2n) is 6.16. The van der Waals surface area contributed by atoms with Crippen LogP contribution in [0.25, 0.3) is 16.7 Å². The molecule has 1 N–H and O–H groups in total. The summed E-state index contributed by atoms with van der Waals surface area (Å²) in [5.74, 6) is 0.771. The van der Waals surface area contributed by atoms with E-state index in [9.17, 15) is 5.11 Å². The third-order valence-electron chi connectivity index (χ3n) is 4.14.